The van der Waals surface area contributed by atoms with Gasteiger partial charge >= 0.3 is 6.03 Å². The second kappa shape index (κ2) is 7.95. The lowest BCUT2D eigenvalue weighted by molar-refractivity contribution is 0.234. The van der Waals surface area contributed by atoms with Crippen molar-refractivity contribution in [3.05, 3.63) is 17.7 Å². The van der Waals surface area contributed by atoms with E-state index in [1.165, 1.54) is 25.7 Å². The van der Waals surface area contributed by atoms with Crippen LogP contribution in [0.5, 0.6) is 11.5 Å². The second-order valence-electron chi connectivity index (χ2n) is 7.04. The predicted octanol–water partition coefficient (Wildman–Crippen LogP) is 3.15. The Bertz CT molecular complexity index is 614. The normalized spacial score (nSPS) is 21.3. The van der Waals surface area contributed by atoms with Crippen LogP contribution in [0, 0.1) is 6.92 Å². The first-order valence-electron chi connectivity index (χ1n) is 9.15. The Morgan fingerprint density at radius 3 is 2.48 bits per heavy atom. The van der Waals surface area contributed by atoms with Gasteiger partial charge in [0.25, 0.3) is 0 Å². The van der Waals surface area contributed by atoms with Crippen molar-refractivity contribution in [1.29, 1.82) is 0 Å². The third-order valence-corrected chi connectivity index (χ3v) is 5.37. The van der Waals surface area contributed by atoms with Crippen LogP contribution in [0.3, 0.4) is 0 Å². The Balaban J connectivity index is 1.56. The van der Waals surface area contributed by atoms with Gasteiger partial charge in [-0.25, -0.2) is 4.79 Å². The van der Waals surface area contributed by atoms with E-state index >= 15 is 0 Å². The van der Waals surface area contributed by atoms with Gasteiger partial charge in [0.05, 0.1) is 14.2 Å². The molecule has 1 heterocycles. The van der Waals surface area contributed by atoms with Crippen molar-refractivity contribution in [3.8, 4) is 11.5 Å². The maximum absolute atomic E-state index is 12.4. The molecule has 0 aromatic heterocycles. The van der Waals surface area contributed by atoms with E-state index < -0.39 is 0 Å². The smallest absolute Gasteiger partial charge is 0.319 e. The summed E-state index contributed by atoms with van der Waals surface area (Å²) in [5, 5.41) is 6.05. The summed E-state index contributed by atoms with van der Waals surface area (Å²) in [6.07, 6.45) is 6.33. The third kappa shape index (κ3) is 4.18. The Labute approximate surface area is 149 Å². The highest BCUT2D eigenvalue weighted by Gasteiger charge is 2.30. The number of urea groups is 1. The molecule has 0 spiro atoms. The molecule has 0 radical (unpaired) electrons. The minimum Gasteiger partial charge on any atom is -0.493 e. The molecule has 138 valence electrons. The van der Waals surface area contributed by atoms with Crippen LogP contribution < -0.4 is 20.1 Å². The monoisotopic (exact) mass is 347 g/mol. The van der Waals surface area contributed by atoms with Gasteiger partial charge in [0, 0.05) is 36.9 Å². The number of methoxy groups -OCH3 is 2. The molecule has 1 saturated heterocycles. The minimum absolute atomic E-state index is 0.159. The quantitative estimate of drug-likeness (QED) is 0.859. The predicted molar refractivity (Wildman–Crippen MR) is 98.7 cm³/mol. The molecule has 6 heteroatoms. The lowest BCUT2D eigenvalue weighted by atomic mass is 10.1. The number of amides is 2. The van der Waals surface area contributed by atoms with Gasteiger partial charge in [-0.15, -0.1) is 0 Å². The van der Waals surface area contributed by atoms with Crippen LogP contribution in [0.15, 0.2) is 12.1 Å². The molecule has 1 aliphatic heterocycles. The minimum atomic E-state index is -0.159. The zero-order valence-corrected chi connectivity index (χ0v) is 15.4. The highest BCUT2D eigenvalue weighted by Crippen LogP contribution is 2.33. The number of aryl methyl sites for hydroxylation is 1. The van der Waals surface area contributed by atoms with Gasteiger partial charge in [-0.1, -0.05) is 12.8 Å². The number of benzene rings is 1. The highest BCUT2D eigenvalue weighted by molar-refractivity contribution is 5.90. The van der Waals surface area contributed by atoms with Gasteiger partial charge in [0.15, 0.2) is 11.5 Å². The van der Waals surface area contributed by atoms with E-state index in [-0.39, 0.29) is 12.1 Å². The first-order chi connectivity index (χ1) is 12.1. The van der Waals surface area contributed by atoms with Crippen LogP contribution in [0.2, 0.25) is 0 Å². The number of carbonyl (C=O) groups excluding carboxylic acids is 1. The fraction of sp³-hybridized carbons (Fsp3) is 0.632. The van der Waals surface area contributed by atoms with E-state index in [0.29, 0.717) is 11.5 Å². The van der Waals surface area contributed by atoms with E-state index in [1.54, 1.807) is 20.3 Å². The van der Waals surface area contributed by atoms with Gasteiger partial charge in [-0.3, -0.25) is 4.90 Å². The van der Waals surface area contributed by atoms with Crippen molar-refractivity contribution >= 4 is 11.7 Å². The molecular formula is C19H29N3O3. The Morgan fingerprint density at radius 1 is 1.12 bits per heavy atom. The standard InChI is InChI=1S/C19H29N3O3/c1-13-10-17(24-2)18(25-3)11-16(13)21-19(23)20-14-8-9-22(12-14)15-6-4-5-7-15/h10-11,14-15H,4-9,12H2,1-3H3,(H2,20,21,23)/t14-/m1/s1. The van der Waals surface area contributed by atoms with Gasteiger partial charge in [0.1, 0.15) is 0 Å². The lowest BCUT2D eigenvalue weighted by Gasteiger charge is -2.23. The van der Waals surface area contributed by atoms with Crippen LogP contribution in [-0.4, -0.2) is 50.3 Å². The summed E-state index contributed by atoms with van der Waals surface area (Å²) >= 11 is 0. The van der Waals surface area contributed by atoms with E-state index in [4.69, 9.17) is 9.47 Å². The maximum atomic E-state index is 12.4. The van der Waals surface area contributed by atoms with Crippen molar-refractivity contribution in [3.63, 3.8) is 0 Å². The Kier molecular flexibility index (Phi) is 5.68. The molecule has 1 aromatic carbocycles. The number of likely N-dealkylation sites (tertiary alicyclic amines) is 1. The fourth-order valence-electron chi connectivity index (χ4n) is 3.97. The molecule has 1 saturated carbocycles. The number of hydrogen-bond donors (Lipinski definition) is 2. The number of nitrogens with one attached hydrogen (secondary N) is 2. The number of ether oxygens (including phenoxy) is 2. The first kappa shape index (κ1) is 17.9. The fourth-order valence-corrected chi connectivity index (χ4v) is 3.97. The van der Waals surface area contributed by atoms with Crippen molar-refractivity contribution in [2.75, 3.05) is 32.6 Å². The van der Waals surface area contributed by atoms with Gasteiger partial charge in [0.2, 0.25) is 0 Å². The van der Waals surface area contributed by atoms with Gasteiger partial charge < -0.3 is 20.1 Å². The summed E-state index contributed by atoms with van der Waals surface area (Å²) in [7, 11) is 3.19. The lowest BCUT2D eigenvalue weighted by Crippen LogP contribution is -2.41. The molecule has 0 bridgehead atoms. The average Bonchev–Trinajstić information content (AvgIpc) is 3.27. The number of anilines is 1. The summed E-state index contributed by atoms with van der Waals surface area (Å²) in [5.41, 5.74) is 1.67. The molecule has 1 atom stereocenters. The first-order valence-corrected chi connectivity index (χ1v) is 9.15. The van der Waals surface area contributed by atoms with Crippen LogP contribution in [-0.2, 0) is 0 Å². The maximum Gasteiger partial charge on any atom is 0.319 e. The topological polar surface area (TPSA) is 62.8 Å². The van der Waals surface area contributed by atoms with E-state index in [9.17, 15) is 4.79 Å². The van der Waals surface area contributed by atoms with Crippen LogP contribution >= 0.6 is 0 Å². The van der Waals surface area contributed by atoms with Gasteiger partial charge in [-0.05, 0) is 37.8 Å². The van der Waals surface area contributed by atoms with Crippen molar-refractivity contribution < 1.29 is 14.3 Å². The average molecular weight is 347 g/mol. The zero-order chi connectivity index (χ0) is 17.8. The van der Waals surface area contributed by atoms with Crippen molar-refractivity contribution in [1.82, 2.24) is 10.2 Å². The molecule has 2 fully saturated rings. The summed E-state index contributed by atoms with van der Waals surface area (Å²) in [5.74, 6) is 1.27. The van der Waals surface area contributed by atoms with Gasteiger partial charge in [-0.2, -0.15) is 0 Å². The molecule has 0 unspecified atom stereocenters. The number of carbonyl (C=O) groups is 1. The van der Waals surface area contributed by atoms with Crippen LogP contribution in [0.4, 0.5) is 10.5 Å². The van der Waals surface area contributed by atoms with Crippen molar-refractivity contribution in [2.45, 2.75) is 51.1 Å². The van der Waals surface area contributed by atoms with Crippen molar-refractivity contribution in [2.24, 2.45) is 0 Å². The number of hydrogen-bond acceptors (Lipinski definition) is 4. The molecular weight excluding hydrogens is 318 g/mol. The molecule has 1 aliphatic carbocycles. The molecule has 25 heavy (non-hydrogen) atoms. The van der Waals surface area contributed by atoms with Crippen LogP contribution in [0.1, 0.15) is 37.7 Å². The SMILES string of the molecule is COc1cc(C)c(NC(=O)N[C@@H]2CCN(C3CCCC3)C2)cc1OC. The Hall–Kier alpha value is -1.95. The van der Waals surface area contributed by atoms with E-state index in [2.05, 4.69) is 15.5 Å². The molecule has 2 amide bonds. The summed E-state index contributed by atoms with van der Waals surface area (Å²) < 4.78 is 10.6. The van der Waals surface area contributed by atoms with Crippen LogP contribution in [0.25, 0.3) is 0 Å². The largest absolute Gasteiger partial charge is 0.493 e. The molecule has 3 rings (SSSR count). The summed E-state index contributed by atoms with van der Waals surface area (Å²) in [6.45, 7) is 3.99. The number of rotatable bonds is 5. The molecule has 1 aromatic rings. The number of nitrogens with zero attached hydrogens (tertiary/aromatic N) is 1. The summed E-state index contributed by atoms with van der Waals surface area (Å²) in [6, 6.07) is 4.46. The molecule has 2 aliphatic rings. The summed E-state index contributed by atoms with van der Waals surface area (Å²) in [4.78, 5) is 14.9. The second-order valence-corrected chi connectivity index (χ2v) is 7.04. The molecule has 6 nitrogen and oxygen atoms in total. The highest BCUT2D eigenvalue weighted by atomic mass is 16.5. The Morgan fingerprint density at radius 2 is 1.80 bits per heavy atom. The zero-order valence-electron chi connectivity index (χ0n) is 15.4. The van der Waals surface area contributed by atoms with E-state index in [0.717, 1.165) is 36.8 Å². The third-order valence-electron chi connectivity index (χ3n) is 5.37. The molecule has 2 N–H and O–H groups in total. The van der Waals surface area contributed by atoms with E-state index in [1.807, 2.05) is 13.0 Å².